The molecule has 1 atom stereocenters. The summed E-state index contributed by atoms with van der Waals surface area (Å²) in [5, 5.41) is 4.06. The molecule has 4 heterocycles. The van der Waals surface area contributed by atoms with Gasteiger partial charge in [-0.15, -0.1) is 22.7 Å². The Hall–Kier alpha value is -2.36. The number of thiophene rings is 1. The van der Waals surface area contributed by atoms with Crippen molar-refractivity contribution in [3.05, 3.63) is 44.9 Å². The number of carbonyl (C=O) groups excluding carboxylic acids is 2. The standard InChI is InChI=1S/C21H25N5O2S2/c1-13-17(29-12-24-13)21(28)26-9-6-14(11-26)16-15-5-4-7-23-20(15)30-18(16)19(27)22-8-10-25(2)3/h4-5,7,12,14H,6,8-11H2,1-3H3,(H,22,27)/t14-/m1/s1. The molecular formula is C21H25N5O2S2. The highest BCUT2D eigenvalue weighted by Crippen LogP contribution is 2.39. The van der Waals surface area contributed by atoms with Crippen LogP contribution in [-0.2, 0) is 0 Å². The topological polar surface area (TPSA) is 78.4 Å². The number of amides is 2. The largest absolute Gasteiger partial charge is 0.350 e. The smallest absolute Gasteiger partial charge is 0.265 e. The number of nitrogens with one attached hydrogen (secondary N) is 1. The summed E-state index contributed by atoms with van der Waals surface area (Å²) >= 11 is 2.83. The first-order chi connectivity index (χ1) is 14.5. The van der Waals surface area contributed by atoms with Gasteiger partial charge in [0.15, 0.2) is 0 Å². The summed E-state index contributed by atoms with van der Waals surface area (Å²) in [6.07, 6.45) is 2.59. The van der Waals surface area contributed by atoms with E-state index in [9.17, 15) is 9.59 Å². The Kier molecular flexibility index (Phi) is 6.12. The highest BCUT2D eigenvalue weighted by atomic mass is 32.1. The molecule has 0 radical (unpaired) electrons. The molecule has 3 aromatic rings. The summed E-state index contributed by atoms with van der Waals surface area (Å²) in [6, 6.07) is 3.94. The molecule has 4 rings (SSSR count). The maximum Gasteiger partial charge on any atom is 0.265 e. The second kappa shape index (κ2) is 8.79. The van der Waals surface area contributed by atoms with Gasteiger partial charge in [-0.1, -0.05) is 6.07 Å². The number of thiazole rings is 1. The molecule has 0 bridgehead atoms. The second-order valence-corrected chi connectivity index (χ2v) is 9.62. The number of likely N-dealkylation sites (tertiary alicyclic amines) is 1. The number of fused-ring (bicyclic) bond motifs is 1. The van der Waals surface area contributed by atoms with Gasteiger partial charge in [0.25, 0.3) is 11.8 Å². The monoisotopic (exact) mass is 443 g/mol. The lowest BCUT2D eigenvalue weighted by atomic mass is 9.95. The molecule has 1 aliphatic heterocycles. The Morgan fingerprint density at radius 3 is 2.87 bits per heavy atom. The third-order valence-corrected chi connectivity index (χ3v) is 7.42. The van der Waals surface area contributed by atoms with E-state index < -0.39 is 0 Å². The van der Waals surface area contributed by atoms with Gasteiger partial charge >= 0.3 is 0 Å². The van der Waals surface area contributed by atoms with Crippen LogP contribution in [0.3, 0.4) is 0 Å². The lowest BCUT2D eigenvalue weighted by Crippen LogP contribution is -2.31. The van der Waals surface area contributed by atoms with Crippen molar-refractivity contribution in [1.29, 1.82) is 0 Å². The fourth-order valence-electron chi connectivity index (χ4n) is 3.83. The van der Waals surface area contributed by atoms with Gasteiger partial charge in [-0.25, -0.2) is 9.97 Å². The van der Waals surface area contributed by atoms with Crippen molar-refractivity contribution in [2.45, 2.75) is 19.3 Å². The minimum Gasteiger partial charge on any atom is -0.350 e. The predicted octanol–water partition coefficient (Wildman–Crippen LogP) is 2.98. The number of aromatic nitrogens is 2. The second-order valence-electron chi connectivity index (χ2n) is 7.76. The zero-order valence-corrected chi connectivity index (χ0v) is 19.0. The summed E-state index contributed by atoms with van der Waals surface area (Å²) < 4.78 is 0. The third-order valence-electron chi connectivity index (χ3n) is 5.38. The van der Waals surface area contributed by atoms with E-state index in [1.54, 1.807) is 11.7 Å². The van der Waals surface area contributed by atoms with Crippen LogP contribution in [-0.4, -0.2) is 71.9 Å². The first kappa shape index (κ1) is 20.9. The van der Waals surface area contributed by atoms with Gasteiger partial charge in [-0.3, -0.25) is 9.59 Å². The zero-order chi connectivity index (χ0) is 21.3. The Morgan fingerprint density at radius 1 is 1.30 bits per heavy atom. The van der Waals surface area contributed by atoms with Crippen LogP contribution in [0.15, 0.2) is 23.8 Å². The predicted molar refractivity (Wildman–Crippen MR) is 121 cm³/mol. The molecule has 0 spiro atoms. The number of rotatable bonds is 6. The molecule has 1 saturated heterocycles. The van der Waals surface area contributed by atoms with Crippen molar-refractivity contribution in [3.8, 4) is 0 Å². The van der Waals surface area contributed by atoms with E-state index in [0.29, 0.717) is 24.5 Å². The molecule has 30 heavy (non-hydrogen) atoms. The third kappa shape index (κ3) is 4.10. The number of hydrogen-bond donors (Lipinski definition) is 1. The number of carbonyl (C=O) groups is 2. The molecule has 158 valence electrons. The van der Waals surface area contributed by atoms with E-state index in [1.165, 1.54) is 22.7 Å². The molecule has 3 aromatic heterocycles. The van der Waals surface area contributed by atoms with Crippen molar-refractivity contribution in [2.24, 2.45) is 0 Å². The zero-order valence-electron chi connectivity index (χ0n) is 17.3. The molecule has 1 fully saturated rings. The van der Waals surface area contributed by atoms with Gasteiger partial charge in [-0.05, 0) is 39.1 Å². The van der Waals surface area contributed by atoms with Gasteiger partial charge in [0.1, 0.15) is 9.71 Å². The molecule has 0 aromatic carbocycles. The van der Waals surface area contributed by atoms with Crippen LogP contribution in [0, 0.1) is 6.92 Å². The van der Waals surface area contributed by atoms with Crippen molar-refractivity contribution < 1.29 is 9.59 Å². The highest BCUT2D eigenvalue weighted by molar-refractivity contribution is 7.20. The summed E-state index contributed by atoms with van der Waals surface area (Å²) in [5.74, 6) is 0.0970. The van der Waals surface area contributed by atoms with Crippen LogP contribution < -0.4 is 5.32 Å². The number of hydrogen-bond acceptors (Lipinski definition) is 7. The Labute approximate surface area is 183 Å². The fourth-order valence-corrected chi connectivity index (χ4v) is 5.75. The number of nitrogens with zero attached hydrogens (tertiary/aromatic N) is 4. The molecule has 1 N–H and O–H groups in total. The van der Waals surface area contributed by atoms with Crippen molar-refractivity contribution in [1.82, 2.24) is 25.1 Å². The molecule has 0 unspecified atom stereocenters. The van der Waals surface area contributed by atoms with E-state index >= 15 is 0 Å². The van der Waals surface area contributed by atoms with E-state index in [4.69, 9.17) is 0 Å². The van der Waals surface area contributed by atoms with Crippen molar-refractivity contribution in [3.63, 3.8) is 0 Å². The van der Waals surface area contributed by atoms with Crippen LogP contribution in [0.4, 0.5) is 0 Å². The average molecular weight is 444 g/mol. The Morgan fingerprint density at radius 2 is 2.13 bits per heavy atom. The summed E-state index contributed by atoms with van der Waals surface area (Å²) in [7, 11) is 3.96. The number of likely N-dealkylation sites (N-methyl/N-ethyl adjacent to an activating group) is 1. The van der Waals surface area contributed by atoms with Crippen LogP contribution in [0.2, 0.25) is 0 Å². The van der Waals surface area contributed by atoms with E-state index in [2.05, 4.69) is 15.3 Å². The summed E-state index contributed by atoms with van der Waals surface area (Å²) in [6.45, 7) is 4.53. The number of pyridine rings is 1. The normalized spacial score (nSPS) is 16.5. The highest BCUT2D eigenvalue weighted by Gasteiger charge is 2.34. The van der Waals surface area contributed by atoms with Gasteiger partial charge in [0, 0.05) is 43.7 Å². The van der Waals surface area contributed by atoms with Crippen LogP contribution in [0.25, 0.3) is 10.2 Å². The van der Waals surface area contributed by atoms with E-state index in [0.717, 1.165) is 39.3 Å². The van der Waals surface area contributed by atoms with Crippen LogP contribution >= 0.6 is 22.7 Å². The molecular weight excluding hydrogens is 418 g/mol. The van der Waals surface area contributed by atoms with Crippen LogP contribution in [0.5, 0.6) is 0 Å². The Balaban J connectivity index is 1.59. The van der Waals surface area contributed by atoms with Gasteiger partial charge in [0.2, 0.25) is 0 Å². The Bertz CT molecular complexity index is 1070. The minimum absolute atomic E-state index is 0.0344. The first-order valence-electron chi connectivity index (χ1n) is 9.95. The van der Waals surface area contributed by atoms with E-state index in [-0.39, 0.29) is 17.7 Å². The van der Waals surface area contributed by atoms with Crippen LogP contribution in [0.1, 0.15) is 42.9 Å². The van der Waals surface area contributed by atoms with Gasteiger partial charge in [-0.2, -0.15) is 0 Å². The first-order valence-corrected chi connectivity index (χ1v) is 11.6. The SMILES string of the molecule is Cc1ncsc1C(=O)N1CC[C@@H](c2c(C(=O)NCCN(C)C)sc3ncccc23)C1. The van der Waals surface area contributed by atoms with E-state index in [1.807, 2.05) is 43.0 Å². The number of aryl methyl sites for hydroxylation is 1. The van der Waals surface area contributed by atoms with Crippen molar-refractivity contribution in [2.75, 3.05) is 40.3 Å². The molecule has 2 amide bonds. The summed E-state index contributed by atoms with van der Waals surface area (Å²) in [5.41, 5.74) is 3.52. The lowest BCUT2D eigenvalue weighted by Gasteiger charge is -2.17. The maximum atomic E-state index is 13.0. The maximum absolute atomic E-state index is 13.0. The molecule has 9 heteroatoms. The van der Waals surface area contributed by atoms with Crippen molar-refractivity contribution >= 4 is 44.7 Å². The van der Waals surface area contributed by atoms with Gasteiger partial charge < -0.3 is 15.1 Å². The fraction of sp³-hybridized carbons (Fsp3) is 0.429. The molecule has 0 aliphatic carbocycles. The molecule has 1 aliphatic rings. The average Bonchev–Trinajstić information content (AvgIpc) is 3.44. The summed E-state index contributed by atoms with van der Waals surface area (Å²) in [4.78, 5) is 40.8. The molecule has 7 nitrogen and oxygen atoms in total. The quantitative estimate of drug-likeness (QED) is 0.634. The lowest BCUT2D eigenvalue weighted by molar-refractivity contribution is 0.0794. The van der Waals surface area contributed by atoms with Gasteiger partial charge in [0.05, 0.1) is 16.1 Å². The minimum atomic E-state index is -0.0575. The molecule has 0 saturated carbocycles.